The minimum Gasteiger partial charge on any atom is -0.465 e. The van der Waals surface area contributed by atoms with Crippen molar-refractivity contribution in [3.05, 3.63) is 30.6 Å². The van der Waals surface area contributed by atoms with Crippen molar-refractivity contribution < 1.29 is 27.4 Å². The van der Waals surface area contributed by atoms with Gasteiger partial charge >= 0.3 is 12.3 Å². The van der Waals surface area contributed by atoms with Crippen molar-refractivity contribution in [3.63, 3.8) is 0 Å². The van der Waals surface area contributed by atoms with Crippen LogP contribution in [0.3, 0.4) is 0 Å². The Bertz CT molecular complexity index is 713. The summed E-state index contributed by atoms with van der Waals surface area (Å²) < 4.78 is 46.1. The van der Waals surface area contributed by atoms with Crippen LogP contribution < -0.4 is 4.74 Å². The molecule has 0 amide bonds. The van der Waals surface area contributed by atoms with Crippen LogP contribution in [-0.4, -0.2) is 39.6 Å². The van der Waals surface area contributed by atoms with Gasteiger partial charge in [-0.15, -0.1) is 13.2 Å². The molecule has 0 aliphatic heterocycles. The summed E-state index contributed by atoms with van der Waals surface area (Å²) in [6.45, 7) is 1.94. The normalized spacial score (nSPS) is 11.2. The molecule has 0 spiro atoms. The van der Waals surface area contributed by atoms with Crippen molar-refractivity contribution in [2.24, 2.45) is 0 Å². The Balaban J connectivity index is 2.21. The first-order valence-electron chi connectivity index (χ1n) is 6.71. The summed E-state index contributed by atoms with van der Waals surface area (Å²) in [6, 6.07) is 3.87. The van der Waals surface area contributed by atoms with Crippen molar-refractivity contribution in [1.29, 1.82) is 0 Å². The lowest BCUT2D eigenvalue weighted by Crippen LogP contribution is -2.18. The summed E-state index contributed by atoms with van der Waals surface area (Å²) in [7, 11) is 0. The van der Waals surface area contributed by atoms with Crippen LogP contribution in [0, 0.1) is 0 Å². The second-order valence-corrected chi connectivity index (χ2v) is 5.16. The molecule has 0 fully saturated rings. The topological polar surface area (TPSA) is 74.2 Å². The summed E-state index contributed by atoms with van der Waals surface area (Å²) >= 11 is 1.01. The number of hydrogen-bond acceptors (Lipinski definition) is 7. The molecular formula is C14H12F3N3O3S. The van der Waals surface area contributed by atoms with Gasteiger partial charge in [-0.1, -0.05) is 11.8 Å². The zero-order valence-electron chi connectivity index (χ0n) is 12.4. The van der Waals surface area contributed by atoms with Crippen LogP contribution in [-0.2, 0) is 9.53 Å². The summed E-state index contributed by atoms with van der Waals surface area (Å²) in [5.74, 6) is -0.911. The first-order valence-corrected chi connectivity index (χ1v) is 7.70. The Morgan fingerprint density at radius 3 is 2.75 bits per heavy atom. The minimum atomic E-state index is -4.84. The van der Waals surface area contributed by atoms with E-state index in [4.69, 9.17) is 4.74 Å². The maximum Gasteiger partial charge on any atom is 0.573 e. The predicted molar refractivity (Wildman–Crippen MR) is 79.3 cm³/mol. The van der Waals surface area contributed by atoms with Crippen LogP contribution in [0.4, 0.5) is 13.2 Å². The number of alkyl halides is 3. The van der Waals surface area contributed by atoms with Gasteiger partial charge < -0.3 is 9.47 Å². The SMILES string of the molecule is CCOC(=O)CSc1nccc(-c2ncccc2OC(F)(F)F)n1. The van der Waals surface area contributed by atoms with Crippen molar-refractivity contribution in [1.82, 2.24) is 15.0 Å². The Morgan fingerprint density at radius 1 is 1.25 bits per heavy atom. The highest BCUT2D eigenvalue weighted by molar-refractivity contribution is 7.99. The summed E-state index contributed by atoms with van der Waals surface area (Å²) in [6.07, 6.45) is -2.15. The molecule has 0 saturated carbocycles. The third-order valence-corrected chi connectivity index (χ3v) is 3.33. The third kappa shape index (κ3) is 5.37. The summed E-state index contributed by atoms with van der Waals surface area (Å²) in [5.41, 5.74) is 0.0754. The predicted octanol–water partition coefficient (Wildman–Crippen LogP) is 3.09. The Hall–Kier alpha value is -2.36. The molecule has 2 rings (SSSR count). The number of esters is 1. The molecule has 0 N–H and O–H groups in total. The second kappa shape index (κ2) is 7.95. The molecule has 24 heavy (non-hydrogen) atoms. The molecule has 10 heteroatoms. The van der Waals surface area contributed by atoms with Crippen LogP contribution in [0.25, 0.3) is 11.4 Å². The van der Waals surface area contributed by atoms with Gasteiger partial charge in [-0.25, -0.2) is 9.97 Å². The van der Waals surface area contributed by atoms with Gasteiger partial charge in [0.2, 0.25) is 0 Å². The van der Waals surface area contributed by atoms with E-state index in [9.17, 15) is 18.0 Å². The molecule has 128 valence electrons. The van der Waals surface area contributed by atoms with Crippen molar-refractivity contribution in [2.45, 2.75) is 18.4 Å². The highest BCUT2D eigenvalue weighted by Gasteiger charge is 2.32. The Labute approximate surface area is 139 Å². The number of nitrogens with zero attached hydrogens (tertiary/aromatic N) is 3. The molecule has 0 atom stereocenters. The fourth-order valence-electron chi connectivity index (χ4n) is 1.66. The summed E-state index contributed by atoms with van der Waals surface area (Å²) in [4.78, 5) is 23.3. The van der Waals surface area contributed by atoms with Gasteiger partial charge in [0.25, 0.3) is 0 Å². The van der Waals surface area contributed by atoms with E-state index in [1.807, 2.05) is 0 Å². The Kier molecular flexibility index (Phi) is 5.96. The molecule has 6 nitrogen and oxygen atoms in total. The Morgan fingerprint density at radius 2 is 2.04 bits per heavy atom. The average molecular weight is 359 g/mol. The fraction of sp³-hybridized carbons (Fsp3) is 0.286. The van der Waals surface area contributed by atoms with E-state index in [-0.39, 0.29) is 28.9 Å². The largest absolute Gasteiger partial charge is 0.573 e. The van der Waals surface area contributed by atoms with Gasteiger partial charge in [0.15, 0.2) is 10.9 Å². The number of aromatic nitrogens is 3. The number of thioether (sulfide) groups is 1. The maximum atomic E-state index is 12.5. The van der Waals surface area contributed by atoms with E-state index in [0.717, 1.165) is 17.8 Å². The van der Waals surface area contributed by atoms with Crippen LogP contribution in [0.1, 0.15) is 6.92 Å². The number of hydrogen-bond donors (Lipinski definition) is 0. The van der Waals surface area contributed by atoms with Gasteiger partial charge in [-0.2, -0.15) is 0 Å². The second-order valence-electron chi connectivity index (χ2n) is 4.22. The lowest BCUT2D eigenvalue weighted by Gasteiger charge is -2.12. The van der Waals surface area contributed by atoms with Gasteiger partial charge in [0.05, 0.1) is 18.1 Å². The lowest BCUT2D eigenvalue weighted by atomic mass is 10.2. The standard InChI is InChI=1S/C14H12F3N3O3S/c1-2-22-11(21)8-24-13-19-7-5-9(20-13)12-10(4-3-6-18-12)23-14(15,16)17/h3-7H,2,8H2,1H3. The summed E-state index contributed by atoms with van der Waals surface area (Å²) in [5, 5.41) is 0.212. The molecule has 0 aliphatic carbocycles. The van der Waals surface area contributed by atoms with E-state index in [2.05, 4.69) is 19.7 Å². The van der Waals surface area contributed by atoms with Crippen LogP contribution in [0.15, 0.2) is 35.7 Å². The number of ether oxygens (including phenoxy) is 2. The third-order valence-electron chi connectivity index (χ3n) is 2.50. The zero-order chi connectivity index (χ0) is 17.6. The van der Waals surface area contributed by atoms with Gasteiger partial charge in [-0.3, -0.25) is 9.78 Å². The monoisotopic (exact) mass is 359 g/mol. The van der Waals surface area contributed by atoms with E-state index in [1.165, 1.54) is 24.5 Å². The number of rotatable bonds is 6. The highest BCUT2D eigenvalue weighted by atomic mass is 32.2. The molecular weight excluding hydrogens is 347 g/mol. The van der Waals surface area contributed by atoms with E-state index < -0.39 is 18.1 Å². The lowest BCUT2D eigenvalue weighted by molar-refractivity contribution is -0.274. The molecule has 0 aromatic carbocycles. The average Bonchev–Trinajstić information content (AvgIpc) is 2.52. The van der Waals surface area contributed by atoms with Crippen molar-refractivity contribution in [2.75, 3.05) is 12.4 Å². The molecule has 2 heterocycles. The van der Waals surface area contributed by atoms with E-state index in [0.29, 0.717) is 0 Å². The van der Waals surface area contributed by atoms with E-state index in [1.54, 1.807) is 6.92 Å². The van der Waals surface area contributed by atoms with Crippen LogP contribution >= 0.6 is 11.8 Å². The smallest absolute Gasteiger partial charge is 0.465 e. The number of halogens is 3. The zero-order valence-corrected chi connectivity index (χ0v) is 13.2. The first kappa shape index (κ1) is 18.0. The van der Waals surface area contributed by atoms with Gasteiger partial charge in [0, 0.05) is 12.4 Å². The number of carbonyl (C=O) groups is 1. The molecule has 2 aromatic heterocycles. The van der Waals surface area contributed by atoms with Crippen molar-refractivity contribution >= 4 is 17.7 Å². The highest BCUT2D eigenvalue weighted by Crippen LogP contribution is 2.31. The molecule has 0 bridgehead atoms. The first-order chi connectivity index (χ1) is 11.4. The number of carbonyl (C=O) groups excluding carboxylic acids is 1. The van der Waals surface area contributed by atoms with Crippen LogP contribution in [0.5, 0.6) is 5.75 Å². The molecule has 2 aromatic rings. The van der Waals surface area contributed by atoms with Crippen molar-refractivity contribution in [3.8, 4) is 17.1 Å². The maximum absolute atomic E-state index is 12.5. The molecule has 0 radical (unpaired) electrons. The molecule has 0 saturated heterocycles. The quantitative estimate of drug-likeness (QED) is 0.446. The number of pyridine rings is 1. The minimum absolute atomic E-state index is 0.00851. The van der Waals surface area contributed by atoms with Gasteiger partial charge in [-0.05, 0) is 25.1 Å². The van der Waals surface area contributed by atoms with Gasteiger partial charge in [0.1, 0.15) is 5.69 Å². The molecule has 0 unspecified atom stereocenters. The fourth-order valence-corrected chi connectivity index (χ4v) is 2.29. The van der Waals surface area contributed by atoms with Crippen LogP contribution in [0.2, 0.25) is 0 Å². The molecule has 0 aliphatic rings. The van der Waals surface area contributed by atoms with E-state index >= 15 is 0 Å².